The number of hydrogen-bond acceptors (Lipinski definition) is 4. The number of H-pyrrole nitrogens is 1. The first-order valence-electron chi connectivity index (χ1n) is 7.95. The summed E-state index contributed by atoms with van der Waals surface area (Å²) >= 11 is 0. The van der Waals surface area contributed by atoms with E-state index in [0.717, 1.165) is 39.8 Å². The third-order valence-corrected chi connectivity index (χ3v) is 4.56. The van der Waals surface area contributed by atoms with E-state index in [-0.39, 0.29) is 5.91 Å². The van der Waals surface area contributed by atoms with E-state index in [2.05, 4.69) is 20.3 Å². The summed E-state index contributed by atoms with van der Waals surface area (Å²) < 4.78 is 5.72. The molecule has 6 nitrogen and oxygen atoms in total. The molecule has 0 unspecified atom stereocenters. The molecule has 0 fully saturated rings. The monoisotopic (exact) mass is 322 g/mol. The number of ether oxygens (including phenoxy) is 1. The van der Waals surface area contributed by atoms with Gasteiger partial charge in [0, 0.05) is 5.69 Å². The van der Waals surface area contributed by atoms with E-state index >= 15 is 0 Å². The fraction of sp³-hybridized carbons (Fsp3) is 0.278. The molecule has 6 heteroatoms. The SMILES string of the molecule is Cc1[nH]c2ncnc(NC(=O)[C@H]3OCCc4ccccc43)c2c1C. The van der Waals surface area contributed by atoms with Gasteiger partial charge in [0.1, 0.15) is 17.8 Å². The minimum atomic E-state index is -0.611. The molecule has 2 N–H and O–H groups in total. The van der Waals surface area contributed by atoms with Crippen LogP contribution in [0, 0.1) is 13.8 Å². The van der Waals surface area contributed by atoms with Crippen LogP contribution >= 0.6 is 0 Å². The Morgan fingerprint density at radius 3 is 3.00 bits per heavy atom. The van der Waals surface area contributed by atoms with Crippen LogP contribution in [-0.4, -0.2) is 27.5 Å². The number of amides is 1. The number of benzene rings is 1. The van der Waals surface area contributed by atoms with Crippen LogP contribution < -0.4 is 5.32 Å². The molecule has 1 amide bonds. The topological polar surface area (TPSA) is 79.9 Å². The number of nitrogens with zero attached hydrogens (tertiary/aromatic N) is 2. The maximum absolute atomic E-state index is 12.8. The van der Waals surface area contributed by atoms with Crippen molar-refractivity contribution in [3.8, 4) is 0 Å². The molecule has 1 aliphatic heterocycles. The fourth-order valence-electron chi connectivity index (χ4n) is 3.18. The molecule has 2 aromatic heterocycles. The lowest BCUT2D eigenvalue weighted by molar-refractivity contribution is -0.128. The van der Waals surface area contributed by atoms with Crippen LogP contribution in [0.2, 0.25) is 0 Å². The third kappa shape index (κ3) is 2.35. The van der Waals surface area contributed by atoms with Crippen molar-refractivity contribution in [2.24, 2.45) is 0 Å². The van der Waals surface area contributed by atoms with E-state index in [4.69, 9.17) is 4.74 Å². The standard InChI is InChI=1S/C18H18N4O2/c1-10-11(2)21-16-14(10)17(20-9-19-16)22-18(23)15-13-6-4-3-5-12(13)7-8-24-15/h3-6,9,15H,7-8H2,1-2H3,(H2,19,20,21,22,23)/t15-/m0/s1. The lowest BCUT2D eigenvalue weighted by atomic mass is 9.97. The number of anilines is 1. The Morgan fingerprint density at radius 1 is 1.29 bits per heavy atom. The number of carbonyl (C=O) groups is 1. The summed E-state index contributed by atoms with van der Waals surface area (Å²) in [4.78, 5) is 24.5. The summed E-state index contributed by atoms with van der Waals surface area (Å²) in [6.45, 7) is 4.50. The molecule has 0 saturated carbocycles. The molecule has 3 aromatic rings. The largest absolute Gasteiger partial charge is 0.363 e. The van der Waals surface area contributed by atoms with Gasteiger partial charge in [0.25, 0.3) is 5.91 Å². The molecule has 4 rings (SSSR count). The second-order valence-corrected chi connectivity index (χ2v) is 6.01. The second-order valence-electron chi connectivity index (χ2n) is 6.01. The number of fused-ring (bicyclic) bond motifs is 2. The number of aryl methyl sites for hydroxylation is 2. The normalized spacial score (nSPS) is 16.8. The van der Waals surface area contributed by atoms with E-state index in [0.29, 0.717) is 12.4 Å². The van der Waals surface area contributed by atoms with Gasteiger partial charge >= 0.3 is 0 Å². The van der Waals surface area contributed by atoms with Gasteiger partial charge in [-0.1, -0.05) is 24.3 Å². The number of aromatic amines is 1. The minimum Gasteiger partial charge on any atom is -0.363 e. The molecule has 0 saturated heterocycles. The van der Waals surface area contributed by atoms with Gasteiger partial charge in [0.05, 0.1) is 12.0 Å². The number of rotatable bonds is 2. The molecule has 1 aromatic carbocycles. The van der Waals surface area contributed by atoms with E-state index in [1.807, 2.05) is 38.1 Å². The van der Waals surface area contributed by atoms with Crippen LogP contribution in [0.5, 0.6) is 0 Å². The molecular weight excluding hydrogens is 304 g/mol. The van der Waals surface area contributed by atoms with Crippen molar-refractivity contribution in [3.05, 3.63) is 53.0 Å². The number of carbonyl (C=O) groups excluding carboxylic acids is 1. The van der Waals surface area contributed by atoms with Crippen molar-refractivity contribution in [2.75, 3.05) is 11.9 Å². The van der Waals surface area contributed by atoms with Gasteiger partial charge in [-0.15, -0.1) is 0 Å². The van der Waals surface area contributed by atoms with E-state index in [9.17, 15) is 4.79 Å². The maximum Gasteiger partial charge on any atom is 0.259 e. The Kier molecular flexibility index (Phi) is 3.54. The summed E-state index contributed by atoms with van der Waals surface area (Å²) in [5.41, 5.74) is 4.85. The van der Waals surface area contributed by atoms with Crippen molar-refractivity contribution >= 4 is 22.8 Å². The van der Waals surface area contributed by atoms with Crippen molar-refractivity contribution < 1.29 is 9.53 Å². The molecule has 1 aliphatic rings. The Balaban J connectivity index is 1.69. The Hall–Kier alpha value is -2.73. The van der Waals surface area contributed by atoms with E-state index in [1.165, 1.54) is 6.33 Å². The van der Waals surface area contributed by atoms with Crippen LogP contribution in [0.1, 0.15) is 28.5 Å². The highest BCUT2D eigenvalue weighted by Gasteiger charge is 2.28. The first-order valence-corrected chi connectivity index (χ1v) is 7.95. The minimum absolute atomic E-state index is 0.208. The van der Waals surface area contributed by atoms with Gasteiger partial charge in [-0.2, -0.15) is 0 Å². The first-order chi connectivity index (χ1) is 11.6. The van der Waals surface area contributed by atoms with Crippen molar-refractivity contribution in [1.82, 2.24) is 15.0 Å². The Bertz CT molecular complexity index is 932. The molecule has 24 heavy (non-hydrogen) atoms. The first kappa shape index (κ1) is 14.8. The van der Waals surface area contributed by atoms with Crippen molar-refractivity contribution in [2.45, 2.75) is 26.4 Å². The molecule has 0 bridgehead atoms. The smallest absolute Gasteiger partial charge is 0.259 e. The van der Waals surface area contributed by atoms with Gasteiger partial charge in [-0.25, -0.2) is 9.97 Å². The average molecular weight is 322 g/mol. The lowest BCUT2D eigenvalue weighted by Gasteiger charge is -2.25. The highest BCUT2D eigenvalue weighted by Crippen LogP contribution is 2.30. The second kappa shape index (κ2) is 5.72. The molecule has 0 radical (unpaired) electrons. The van der Waals surface area contributed by atoms with Crippen molar-refractivity contribution in [1.29, 1.82) is 0 Å². The Labute approximate surface area is 139 Å². The van der Waals surface area contributed by atoms with Crippen LogP contribution in [0.3, 0.4) is 0 Å². The number of hydrogen-bond donors (Lipinski definition) is 2. The summed E-state index contributed by atoms with van der Waals surface area (Å²) in [7, 11) is 0. The predicted molar refractivity (Wildman–Crippen MR) is 90.8 cm³/mol. The van der Waals surface area contributed by atoms with E-state index in [1.54, 1.807) is 0 Å². The zero-order chi connectivity index (χ0) is 16.7. The fourth-order valence-corrected chi connectivity index (χ4v) is 3.18. The van der Waals surface area contributed by atoms with Crippen LogP contribution in [-0.2, 0) is 16.0 Å². The highest BCUT2D eigenvalue weighted by atomic mass is 16.5. The van der Waals surface area contributed by atoms with Gasteiger partial charge in [0.15, 0.2) is 6.10 Å². The molecule has 0 aliphatic carbocycles. The summed E-state index contributed by atoms with van der Waals surface area (Å²) in [5.74, 6) is 0.305. The van der Waals surface area contributed by atoms with Gasteiger partial charge in [0.2, 0.25) is 0 Å². The predicted octanol–water partition coefficient (Wildman–Crippen LogP) is 2.83. The van der Waals surface area contributed by atoms with Crippen LogP contribution in [0.4, 0.5) is 5.82 Å². The molecule has 1 atom stereocenters. The average Bonchev–Trinajstić information content (AvgIpc) is 2.89. The maximum atomic E-state index is 12.8. The highest BCUT2D eigenvalue weighted by molar-refractivity contribution is 6.02. The summed E-state index contributed by atoms with van der Waals surface area (Å²) in [6, 6.07) is 7.90. The summed E-state index contributed by atoms with van der Waals surface area (Å²) in [6.07, 6.45) is 1.66. The van der Waals surface area contributed by atoms with Crippen LogP contribution in [0.25, 0.3) is 11.0 Å². The van der Waals surface area contributed by atoms with Gasteiger partial charge in [-0.05, 0) is 37.0 Å². The molecule has 3 heterocycles. The zero-order valence-electron chi connectivity index (χ0n) is 13.6. The van der Waals surface area contributed by atoms with Crippen molar-refractivity contribution in [3.63, 3.8) is 0 Å². The molecular formula is C18H18N4O2. The molecule has 122 valence electrons. The number of aromatic nitrogens is 3. The summed E-state index contributed by atoms with van der Waals surface area (Å²) in [5, 5.41) is 3.75. The van der Waals surface area contributed by atoms with Gasteiger partial charge in [-0.3, -0.25) is 4.79 Å². The zero-order valence-corrected chi connectivity index (χ0v) is 13.6. The van der Waals surface area contributed by atoms with Gasteiger partial charge < -0.3 is 15.0 Å². The number of nitrogens with one attached hydrogen (secondary N) is 2. The van der Waals surface area contributed by atoms with Crippen LogP contribution in [0.15, 0.2) is 30.6 Å². The Morgan fingerprint density at radius 2 is 2.12 bits per heavy atom. The van der Waals surface area contributed by atoms with E-state index < -0.39 is 6.10 Å². The lowest BCUT2D eigenvalue weighted by Crippen LogP contribution is -2.28. The molecule has 0 spiro atoms. The third-order valence-electron chi connectivity index (χ3n) is 4.56. The quantitative estimate of drug-likeness (QED) is 0.760.